The molecular formula is C15H20N2O2. The van der Waals surface area contributed by atoms with Gasteiger partial charge in [0.1, 0.15) is 6.04 Å². The maximum Gasteiger partial charge on any atom is 0.320 e. The molecule has 0 fully saturated rings. The lowest BCUT2D eigenvalue weighted by Crippen LogP contribution is -2.32. The number of aromatic nitrogens is 1. The Hall–Kier alpha value is -2.07. The van der Waals surface area contributed by atoms with E-state index in [9.17, 15) is 4.79 Å². The average Bonchev–Trinajstić information content (AvgIpc) is 2.84. The van der Waals surface area contributed by atoms with Crippen LogP contribution in [0.25, 0.3) is 17.0 Å². The van der Waals surface area contributed by atoms with E-state index in [1.807, 2.05) is 32.0 Å². The van der Waals surface area contributed by atoms with Crippen LogP contribution in [0.4, 0.5) is 0 Å². The normalized spacial score (nSPS) is 11.5. The Morgan fingerprint density at radius 3 is 2.79 bits per heavy atom. The minimum absolute atomic E-state index is 0.306. The molecule has 1 atom stereocenters. The van der Waals surface area contributed by atoms with Crippen LogP contribution < -0.4 is 5.73 Å². The number of H-pyrrole nitrogens is 1. The number of carbonyl (C=O) groups is 1. The van der Waals surface area contributed by atoms with Crippen molar-refractivity contribution < 1.29 is 9.90 Å². The standard InChI is InChI=1S/C13H14N2O2.C2H6/c1-2-8-4-3-5-11-12(8)9(7-15-11)6-10(14)13(16)17;1-2/h2-5,7,10,15H,1,6,14H2,(H,16,17);1-2H3. The molecule has 0 aliphatic carbocycles. The highest BCUT2D eigenvalue weighted by molar-refractivity contribution is 5.91. The Labute approximate surface area is 112 Å². The van der Waals surface area contributed by atoms with Crippen molar-refractivity contribution in [2.45, 2.75) is 26.3 Å². The van der Waals surface area contributed by atoms with E-state index >= 15 is 0 Å². The molecule has 1 aromatic carbocycles. The summed E-state index contributed by atoms with van der Waals surface area (Å²) in [5.41, 5.74) is 8.41. The number of nitrogens with one attached hydrogen (secondary N) is 1. The van der Waals surface area contributed by atoms with E-state index in [0.29, 0.717) is 6.42 Å². The fourth-order valence-corrected chi connectivity index (χ4v) is 1.94. The summed E-state index contributed by atoms with van der Waals surface area (Å²) in [7, 11) is 0. The summed E-state index contributed by atoms with van der Waals surface area (Å²) in [6, 6.07) is 4.93. The topological polar surface area (TPSA) is 79.1 Å². The van der Waals surface area contributed by atoms with E-state index in [1.54, 1.807) is 12.3 Å². The minimum atomic E-state index is -0.990. The van der Waals surface area contributed by atoms with Crippen molar-refractivity contribution in [3.8, 4) is 0 Å². The number of hydrogen-bond acceptors (Lipinski definition) is 2. The molecule has 102 valence electrons. The number of rotatable bonds is 4. The van der Waals surface area contributed by atoms with Gasteiger partial charge in [-0.1, -0.05) is 38.6 Å². The van der Waals surface area contributed by atoms with Crippen molar-refractivity contribution in [1.82, 2.24) is 4.98 Å². The summed E-state index contributed by atoms with van der Waals surface area (Å²) in [5.74, 6) is -0.990. The van der Waals surface area contributed by atoms with Gasteiger partial charge in [0.05, 0.1) is 0 Å². The molecule has 4 heteroatoms. The predicted octanol–water partition coefficient (Wildman–Crippen LogP) is 2.79. The highest BCUT2D eigenvalue weighted by Crippen LogP contribution is 2.24. The molecule has 1 unspecified atom stereocenters. The fraction of sp³-hybridized carbons (Fsp3) is 0.267. The van der Waals surface area contributed by atoms with Crippen LogP contribution in [0.2, 0.25) is 0 Å². The highest BCUT2D eigenvalue weighted by atomic mass is 16.4. The number of fused-ring (bicyclic) bond motifs is 1. The Bertz CT molecular complexity index is 573. The van der Waals surface area contributed by atoms with Crippen LogP contribution in [0, 0.1) is 0 Å². The van der Waals surface area contributed by atoms with Gasteiger partial charge in [0.25, 0.3) is 0 Å². The van der Waals surface area contributed by atoms with Crippen molar-refractivity contribution in [2.75, 3.05) is 0 Å². The third kappa shape index (κ3) is 3.23. The van der Waals surface area contributed by atoms with E-state index in [2.05, 4.69) is 11.6 Å². The first-order chi connectivity index (χ1) is 9.13. The van der Waals surface area contributed by atoms with Gasteiger partial charge in [-0.2, -0.15) is 0 Å². The maximum atomic E-state index is 10.8. The van der Waals surface area contributed by atoms with Crippen LogP contribution in [0.3, 0.4) is 0 Å². The van der Waals surface area contributed by atoms with Crippen molar-refractivity contribution in [3.63, 3.8) is 0 Å². The first-order valence-corrected chi connectivity index (χ1v) is 6.33. The molecule has 2 aromatic rings. The predicted molar refractivity (Wildman–Crippen MR) is 79.1 cm³/mol. The van der Waals surface area contributed by atoms with Gasteiger partial charge in [-0.05, 0) is 17.2 Å². The number of nitrogens with two attached hydrogens (primary N) is 1. The Morgan fingerprint density at radius 2 is 2.21 bits per heavy atom. The molecule has 4 N–H and O–H groups in total. The van der Waals surface area contributed by atoms with Crippen LogP contribution in [0.5, 0.6) is 0 Å². The monoisotopic (exact) mass is 260 g/mol. The molecular weight excluding hydrogens is 240 g/mol. The second-order valence-electron chi connectivity index (χ2n) is 3.94. The average molecular weight is 260 g/mol. The molecule has 0 bridgehead atoms. The molecule has 0 saturated carbocycles. The van der Waals surface area contributed by atoms with Crippen LogP contribution in [-0.4, -0.2) is 22.1 Å². The second kappa shape index (κ2) is 6.75. The van der Waals surface area contributed by atoms with Gasteiger partial charge >= 0.3 is 5.97 Å². The largest absolute Gasteiger partial charge is 0.480 e. The Balaban J connectivity index is 0.000000861. The van der Waals surface area contributed by atoms with Crippen molar-refractivity contribution >= 4 is 22.9 Å². The van der Waals surface area contributed by atoms with Crippen molar-refractivity contribution in [3.05, 3.63) is 42.1 Å². The van der Waals surface area contributed by atoms with Gasteiger partial charge in [0, 0.05) is 23.5 Å². The third-order valence-corrected chi connectivity index (χ3v) is 2.80. The first kappa shape index (κ1) is 15.0. The van der Waals surface area contributed by atoms with Crippen LogP contribution in [0.15, 0.2) is 31.0 Å². The molecule has 4 nitrogen and oxygen atoms in total. The molecule has 0 radical (unpaired) electrons. The van der Waals surface area contributed by atoms with E-state index in [-0.39, 0.29) is 0 Å². The summed E-state index contributed by atoms with van der Waals surface area (Å²) in [6.07, 6.45) is 3.87. The lowest BCUT2D eigenvalue weighted by atomic mass is 10.0. The summed E-state index contributed by atoms with van der Waals surface area (Å²) < 4.78 is 0. The maximum absolute atomic E-state index is 10.8. The lowest BCUT2D eigenvalue weighted by molar-refractivity contribution is -0.138. The Kier molecular flexibility index (Phi) is 5.33. The molecule has 0 aliphatic heterocycles. The third-order valence-electron chi connectivity index (χ3n) is 2.80. The zero-order chi connectivity index (χ0) is 14.4. The molecule has 0 spiro atoms. The van der Waals surface area contributed by atoms with Gasteiger partial charge in [-0.25, -0.2) is 0 Å². The molecule has 2 rings (SSSR count). The van der Waals surface area contributed by atoms with E-state index in [0.717, 1.165) is 22.0 Å². The number of carboxylic acids is 1. The van der Waals surface area contributed by atoms with Gasteiger partial charge in [0.15, 0.2) is 0 Å². The van der Waals surface area contributed by atoms with Gasteiger partial charge < -0.3 is 15.8 Å². The minimum Gasteiger partial charge on any atom is -0.480 e. The van der Waals surface area contributed by atoms with Crippen LogP contribution in [-0.2, 0) is 11.2 Å². The summed E-state index contributed by atoms with van der Waals surface area (Å²) in [5, 5.41) is 9.82. The lowest BCUT2D eigenvalue weighted by Gasteiger charge is -2.06. The van der Waals surface area contributed by atoms with Gasteiger partial charge in [0.2, 0.25) is 0 Å². The fourth-order valence-electron chi connectivity index (χ4n) is 1.94. The zero-order valence-corrected chi connectivity index (χ0v) is 11.3. The molecule has 0 amide bonds. The number of aliphatic carboxylic acids is 1. The molecule has 19 heavy (non-hydrogen) atoms. The van der Waals surface area contributed by atoms with Crippen molar-refractivity contribution in [2.24, 2.45) is 5.73 Å². The zero-order valence-electron chi connectivity index (χ0n) is 11.3. The summed E-state index contributed by atoms with van der Waals surface area (Å²) >= 11 is 0. The smallest absolute Gasteiger partial charge is 0.320 e. The molecule has 0 saturated heterocycles. The summed E-state index contributed by atoms with van der Waals surface area (Å²) in [6.45, 7) is 7.75. The summed E-state index contributed by atoms with van der Waals surface area (Å²) in [4.78, 5) is 13.9. The molecule has 1 heterocycles. The molecule has 1 aromatic heterocycles. The highest BCUT2D eigenvalue weighted by Gasteiger charge is 2.15. The Morgan fingerprint density at radius 1 is 1.53 bits per heavy atom. The number of carboxylic acid groups (broad SMARTS) is 1. The van der Waals surface area contributed by atoms with Gasteiger partial charge in [-0.15, -0.1) is 0 Å². The number of benzene rings is 1. The second-order valence-corrected chi connectivity index (χ2v) is 3.94. The van der Waals surface area contributed by atoms with Crippen LogP contribution in [0.1, 0.15) is 25.0 Å². The van der Waals surface area contributed by atoms with E-state index in [1.165, 1.54) is 0 Å². The number of aromatic amines is 1. The van der Waals surface area contributed by atoms with Crippen molar-refractivity contribution in [1.29, 1.82) is 0 Å². The number of hydrogen-bond donors (Lipinski definition) is 3. The SMILES string of the molecule is C=Cc1cccc2[nH]cc(CC(N)C(=O)O)c12.CC. The first-order valence-electron chi connectivity index (χ1n) is 6.33. The van der Waals surface area contributed by atoms with Crippen LogP contribution >= 0.6 is 0 Å². The quantitative estimate of drug-likeness (QED) is 0.790. The molecule has 0 aliphatic rings. The van der Waals surface area contributed by atoms with Gasteiger partial charge in [-0.3, -0.25) is 4.79 Å². The van der Waals surface area contributed by atoms with E-state index < -0.39 is 12.0 Å². The van der Waals surface area contributed by atoms with E-state index in [4.69, 9.17) is 10.8 Å².